The van der Waals surface area contributed by atoms with Crippen molar-refractivity contribution in [2.45, 2.75) is 32.5 Å². The summed E-state index contributed by atoms with van der Waals surface area (Å²) < 4.78 is 63.6. The lowest BCUT2D eigenvalue weighted by atomic mass is 9.96. The van der Waals surface area contributed by atoms with Gasteiger partial charge in [-0.3, -0.25) is 0 Å². The van der Waals surface area contributed by atoms with Gasteiger partial charge in [0, 0.05) is 24.4 Å². The summed E-state index contributed by atoms with van der Waals surface area (Å²) >= 11 is 5.91. The monoisotopic (exact) mass is 393 g/mol. The van der Waals surface area contributed by atoms with Gasteiger partial charge in [-0.05, 0) is 36.6 Å². The van der Waals surface area contributed by atoms with E-state index in [0.717, 1.165) is 17.7 Å². The molecule has 1 aromatic carbocycles. The number of rotatable bonds is 4. The normalized spacial score (nSPS) is 16.5. The van der Waals surface area contributed by atoms with Gasteiger partial charge >= 0.3 is 6.18 Å². The molecular weight excluding hydrogens is 377 g/mol. The highest BCUT2D eigenvalue weighted by molar-refractivity contribution is 6.30. The van der Waals surface area contributed by atoms with Gasteiger partial charge in [0.05, 0.1) is 5.56 Å². The molecule has 0 unspecified atom stereocenters. The van der Waals surface area contributed by atoms with Crippen molar-refractivity contribution in [1.29, 1.82) is 0 Å². The number of alkyl halides is 5. The van der Waals surface area contributed by atoms with Gasteiger partial charge in [0.1, 0.15) is 5.16 Å². The molecule has 0 amide bonds. The molecule has 0 radical (unpaired) electrons. The first kappa shape index (κ1) is 20.2. The summed E-state index contributed by atoms with van der Waals surface area (Å²) in [6.07, 6.45) is -6.83. The molecule has 142 valence electrons. The van der Waals surface area contributed by atoms with Crippen LogP contribution in [0.1, 0.15) is 23.6 Å². The van der Waals surface area contributed by atoms with Crippen LogP contribution in [0.5, 0.6) is 0 Å². The average molecular weight is 394 g/mol. The maximum Gasteiger partial charge on any atom is 0.416 e. The molecule has 9 heteroatoms. The van der Waals surface area contributed by atoms with Gasteiger partial charge in [0.2, 0.25) is 0 Å². The summed E-state index contributed by atoms with van der Waals surface area (Å²) in [7, 11) is 0. The summed E-state index contributed by atoms with van der Waals surface area (Å²) in [5, 5.41) is -0.234. The van der Waals surface area contributed by atoms with Crippen LogP contribution in [0.2, 0.25) is 0 Å². The second-order valence-electron chi connectivity index (χ2n) is 5.85. The highest BCUT2D eigenvalue weighted by Gasteiger charge is 2.31. The van der Waals surface area contributed by atoms with Crippen LogP contribution in [-0.2, 0) is 19.1 Å². The Hall–Kier alpha value is -2.09. The maximum absolute atomic E-state index is 12.9. The first-order valence-corrected chi connectivity index (χ1v) is 8.00. The minimum atomic E-state index is -4.42. The summed E-state index contributed by atoms with van der Waals surface area (Å²) in [5.41, 5.74) is 6.45. The molecular formula is C17H17ClF5N3. The van der Waals surface area contributed by atoms with Gasteiger partial charge in [0.15, 0.2) is 5.84 Å². The van der Waals surface area contributed by atoms with E-state index in [-0.39, 0.29) is 11.7 Å². The lowest BCUT2D eigenvalue weighted by molar-refractivity contribution is -0.137. The number of halogens is 6. The number of hydrogen-bond acceptors (Lipinski definition) is 2. The zero-order chi connectivity index (χ0) is 19.6. The Morgan fingerprint density at radius 2 is 1.96 bits per heavy atom. The van der Waals surface area contributed by atoms with Crippen molar-refractivity contribution in [3.8, 4) is 0 Å². The fourth-order valence-corrected chi connectivity index (χ4v) is 2.77. The fourth-order valence-electron chi connectivity index (χ4n) is 2.57. The van der Waals surface area contributed by atoms with Crippen LogP contribution >= 0.6 is 11.6 Å². The van der Waals surface area contributed by atoms with E-state index in [1.807, 2.05) is 0 Å². The van der Waals surface area contributed by atoms with Crippen LogP contribution in [0.25, 0.3) is 0 Å². The van der Waals surface area contributed by atoms with Crippen LogP contribution in [0.3, 0.4) is 0 Å². The molecule has 0 aromatic heterocycles. The topological polar surface area (TPSA) is 41.6 Å². The van der Waals surface area contributed by atoms with Crippen LogP contribution in [0.15, 0.2) is 46.2 Å². The number of amidine groups is 1. The molecule has 0 saturated carbocycles. The quantitative estimate of drug-likeness (QED) is 0.265. The molecule has 1 aromatic rings. The third-order valence-electron chi connectivity index (χ3n) is 4.12. The SMILES string of the molecule is C=C(/C(C)=C(/Cl)N=C(N)C(F)F)N1CCc2ccc(C(F)(F)F)cc2C1. The highest BCUT2D eigenvalue weighted by Crippen LogP contribution is 2.33. The van der Waals surface area contributed by atoms with Crippen LogP contribution in [-0.4, -0.2) is 23.7 Å². The minimum absolute atomic E-state index is 0.202. The van der Waals surface area contributed by atoms with Gasteiger partial charge in [-0.25, -0.2) is 13.8 Å². The van der Waals surface area contributed by atoms with Crippen molar-refractivity contribution in [3.05, 3.63) is 57.9 Å². The Labute approximate surface area is 152 Å². The Kier molecular flexibility index (Phi) is 5.95. The third kappa shape index (κ3) is 4.55. The van der Waals surface area contributed by atoms with Crippen LogP contribution < -0.4 is 5.73 Å². The Morgan fingerprint density at radius 1 is 1.31 bits per heavy atom. The van der Waals surface area contributed by atoms with E-state index in [4.69, 9.17) is 17.3 Å². The second kappa shape index (κ2) is 7.65. The van der Waals surface area contributed by atoms with Crippen LogP contribution in [0.4, 0.5) is 22.0 Å². The molecule has 0 spiro atoms. The zero-order valence-corrected chi connectivity index (χ0v) is 14.6. The maximum atomic E-state index is 12.9. The molecule has 0 saturated heterocycles. The molecule has 3 nitrogen and oxygen atoms in total. The van der Waals surface area contributed by atoms with E-state index in [1.165, 1.54) is 13.0 Å². The first-order valence-electron chi connectivity index (χ1n) is 7.62. The van der Waals surface area contributed by atoms with Gasteiger partial charge in [0.25, 0.3) is 6.43 Å². The molecule has 0 bridgehead atoms. The fraction of sp³-hybridized carbons (Fsp3) is 0.353. The number of nitrogens with two attached hydrogens (primary N) is 1. The smallest absolute Gasteiger partial charge is 0.382 e. The molecule has 0 atom stereocenters. The summed E-state index contributed by atoms with van der Waals surface area (Å²) in [4.78, 5) is 5.17. The molecule has 2 rings (SSSR count). The Bertz CT molecular complexity index is 768. The highest BCUT2D eigenvalue weighted by atomic mass is 35.5. The summed E-state index contributed by atoms with van der Waals surface area (Å²) in [6, 6.07) is 3.65. The van der Waals surface area contributed by atoms with Gasteiger partial charge in [-0.2, -0.15) is 13.2 Å². The number of hydrogen-bond donors (Lipinski definition) is 1. The predicted octanol–water partition coefficient (Wildman–Crippen LogP) is 4.67. The van der Waals surface area contributed by atoms with E-state index >= 15 is 0 Å². The van der Waals surface area contributed by atoms with E-state index in [0.29, 0.717) is 29.8 Å². The van der Waals surface area contributed by atoms with E-state index in [2.05, 4.69) is 11.6 Å². The molecule has 1 heterocycles. The number of allylic oxidation sites excluding steroid dienone is 1. The van der Waals surface area contributed by atoms with Crippen molar-refractivity contribution in [2.75, 3.05) is 6.54 Å². The lowest BCUT2D eigenvalue weighted by Crippen LogP contribution is -2.30. The van der Waals surface area contributed by atoms with Gasteiger partial charge in [-0.15, -0.1) is 0 Å². The average Bonchev–Trinajstić information content (AvgIpc) is 2.58. The van der Waals surface area contributed by atoms with Crippen molar-refractivity contribution in [1.82, 2.24) is 4.90 Å². The van der Waals surface area contributed by atoms with Crippen molar-refractivity contribution < 1.29 is 22.0 Å². The molecule has 1 aliphatic rings. The Balaban J connectivity index is 2.24. The van der Waals surface area contributed by atoms with Crippen molar-refractivity contribution in [3.63, 3.8) is 0 Å². The number of fused-ring (bicyclic) bond motifs is 1. The minimum Gasteiger partial charge on any atom is -0.382 e. The van der Waals surface area contributed by atoms with E-state index in [9.17, 15) is 22.0 Å². The third-order valence-corrected chi connectivity index (χ3v) is 4.49. The zero-order valence-electron chi connectivity index (χ0n) is 13.9. The van der Waals surface area contributed by atoms with E-state index < -0.39 is 24.0 Å². The molecule has 0 fully saturated rings. The molecule has 1 aliphatic heterocycles. The van der Waals surface area contributed by atoms with Crippen LogP contribution in [0, 0.1) is 0 Å². The summed E-state index contributed by atoms with van der Waals surface area (Å²) in [6.45, 7) is 6.10. The van der Waals surface area contributed by atoms with Crippen molar-refractivity contribution >= 4 is 17.4 Å². The largest absolute Gasteiger partial charge is 0.416 e. The summed E-state index contributed by atoms with van der Waals surface area (Å²) in [5.74, 6) is -0.916. The van der Waals surface area contributed by atoms with Gasteiger partial charge in [-0.1, -0.05) is 24.2 Å². The molecule has 0 aliphatic carbocycles. The molecule has 2 N–H and O–H groups in total. The first-order chi connectivity index (χ1) is 12.0. The van der Waals surface area contributed by atoms with Gasteiger partial charge < -0.3 is 10.6 Å². The standard InChI is InChI=1S/C17H17ClF5N3/c1-9(14(18)25-16(24)15(19)20)10(2)26-6-5-11-3-4-13(17(21,22)23)7-12(11)8-26/h3-4,7,15H,2,5-6,8H2,1H3,(H2,24,25)/b14-9-. The second-order valence-corrected chi connectivity index (χ2v) is 6.21. The van der Waals surface area contributed by atoms with Crippen molar-refractivity contribution in [2.24, 2.45) is 10.7 Å². The predicted molar refractivity (Wildman–Crippen MR) is 90.9 cm³/mol. The van der Waals surface area contributed by atoms with E-state index in [1.54, 1.807) is 4.90 Å². The number of nitrogens with zero attached hydrogens (tertiary/aromatic N) is 2. The lowest BCUT2D eigenvalue weighted by Gasteiger charge is -2.33. The Morgan fingerprint density at radius 3 is 2.54 bits per heavy atom. The molecule has 26 heavy (non-hydrogen) atoms. The number of benzene rings is 1. The number of aliphatic imine (C=N–C) groups is 1.